The molecule has 0 spiro atoms. The van der Waals surface area contributed by atoms with Gasteiger partial charge in [0.15, 0.2) is 0 Å². The van der Waals surface area contributed by atoms with Crippen LogP contribution in [0.2, 0.25) is 13.1 Å². The third-order valence-corrected chi connectivity index (χ3v) is 5.59. The van der Waals surface area contributed by atoms with Gasteiger partial charge >= 0.3 is 8.56 Å². The fourth-order valence-corrected chi connectivity index (χ4v) is 5.08. The highest BCUT2D eigenvalue weighted by atomic mass is 28.4. The van der Waals surface area contributed by atoms with Gasteiger partial charge in [0, 0.05) is 6.61 Å². The summed E-state index contributed by atoms with van der Waals surface area (Å²) in [6, 6.07) is 0. The first-order valence-corrected chi connectivity index (χ1v) is 9.53. The molecule has 16 heavy (non-hydrogen) atoms. The molecule has 0 radical (unpaired) electrons. The van der Waals surface area contributed by atoms with Crippen molar-refractivity contribution in [3.8, 4) is 0 Å². The van der Waals surface area contributed by atoms with Gasteiger partial charge in [0.2, 0.25) is 0 Å². The molecule has 0 saturated heterocycles. The molecule has 0 heterocycles. The minimum Gasteiger partial charge on any atom is -0.395 e. The molecule has 1 rings (SSSR count). The second-order valence-corrected chi connectivity index (χ2v) is 9.17. The summed E-state index contributed by atoms with van der Waals surface area (Å²) in [5, 5.41) is 0. The van der Waals surface area contributed by atoms with Crippen LogP contribution in [0.1, 0.15) is 52.9 Å². The summed E-state index contributed by atoms with van der Waals surface area (Å²) in [6.07, 6.45) is 6.79. The molecule has 0 N–H and O–H groups in total. The van der Waals surface area contributed by atoms with Crippen molar-refractivity contribution in [1.82, 2.24) is 0 Å². The Balaban J connectivity index is 2.54. The highest BCUT2D eigenvalue weighted by molar-refractivity contribution is 6.64. The average Bonchev–Trinajstić information content (AvgIpc) is 2.17. The van der Waals surface area contributed by atoms with Crippen molar-refractivity contribution in [3.63, 3.8) is 0 Å². The van der Waals surface area contributed by atoms with Crippen molar-refractivity contribution in [1.29, 1.82) is 0 Å². The Morgan fingerprint density at radius 1 is 1.12 bits per heavy atom. The summed E-state index contributed by atoms with van der Waals surface area (Å²) in [5.41, 5.74) is -0.00862. The maximum atomic E-state index is 6.32. The molecule has 0 bridgehead atoms. The second kappa shape index (κ2) is 5.65. The summed E-state index contributed by atoms with van der Waals surface area (Å²) in [7, 11) is -1.92. The standard InChI is InChI=1S/C13H28O2Si/c1-6-14-16(4,5)15-13(2,3)12-10-8-7-9-11-12/h12H,6-11H2,1-5H3. The van der Waals surface area contributed by atoms with E-state index in [4.69, 9.17) is 8.85 Å². The zero-order chi connectivity index (χ0) is 12.2. The Morgan fingerprint density at radius 2 is 1.69 bits per heavy atom. The molecule has 2 nitrogen and oxygen atoms in total. The van der Waals surface area contributed by atoms with Crippen LogP contribution in [0.4, 0.5) is 0 Å². The predicted octanol–water partition coefficient (Wildman–Crippen LogP) is 4.10. The average molecular weight is 244 g/mol. The molecule has 1 saturated carbocycles. The summed E-state index contributed by atoms with van der Waals surface area (Å²) >= 11 is 0. The minimum atomic E-state index is -1.92. The van der Waals surface area contributed by atoms with Gasteiger partial charge in [0.25, 0.3) is 0 Å². The van der Waals surface area contributed by atoms with Crippen molar-refractivity contribution in [3.05, 3.63) is 0 Å². The Morgan fingerprint density at radius 3 is 2.19 bits per heavy atom. The van der Waals surface area contributed by atoms with Crippen molar-refractivity contribution in [2.45, 2.75) is 71.6 Å². The lowest BCUT2D eigenvalue weighted by atomic mass is 9.79. The van der Waals surface area contributed by atoms with Gasteiger partial charge in [-0.15, -0.1) is 0 Å². The number of rotatable bonds is 5. The van der Waals surface area contributed by atoms with Gasteiger partial charge in [0.05, 0.1) is 5.60 Å². The Labute approximate surface area is 102 Å². The molecule has 96 valence electrons. The van der Waals surface area contributed by atoms with E-state index in [2.05, 4.69) is 26.9 Å². The van der Waals surface area contributed by atoms with Crippen LogP contribution in [0.5, 0.6) is 0 Å². The maximum absolute atomic E-state index is 6.32. The topological polar surface area (TPSA) is 18.5 Å². The maximum Gasteiger partial charge on any atom is 0.332 e. The summed E-state index contributed by atoms with van der Waals surface area (Å²) in [5.74, 6) is 0.716. The van der Waals surface area contributed by atoms with E-state index in [1.807, 2.05) is 6.92 Å². The van der Waals surface area contributed by atoms with Gasteiger partial charge in [-0.05, 0) is 52.6 Å². The molecule has 0 aromatic heterocycles. The molecule has 0 unspecified atom stereocenters. The lowest BCUT2D eigenvalue weighted by Gasteiger charge is -2.41. The highest BCUT2D eigenvalue weighted by Crippen LogP contribution is 2.36. The van der Waals surface area contributed by atoms with E-state index in [9.17, 15) is 0 Å². The minimum absolute atomic E-state index is 0.00862. The highest BCUT2D eigenvalue weighted by Gasteiger charge is 2.38. The molecule has 1 aliphatic carbocycles. The largest absolute Gasteiger partial charge is 0.395 e. The first-order valence-electron chi connectivity index (χ1n) is 6.71. The third-order valence-electron chi connectivity index (χ3n) is 3.59. The van der Waals surface area contributed by atoms with Crippen LogP contribution in [0.3, 0.4) is 0 Å². The van der Waals surface area contributed by atoms with Crippen LogP contribution < -0.4 is 0 Å². The van der Waals surface area contributed by atoms with Crippen molar-refractivity contribution in [2.75, 3.05) is 6.61 Å². The number of hydrogen-bond donors (Lipinski definition) is 0. The van der Waals surface area contributed by atoms with E-state index < -0.39 is 8.56 Å². The Kier molecular flexibility index (Phi) is 5.01. The molecule has 1 aliphatic rings. The number of hydrogen-bond acceptors (Lipinski definition) is 2. The molecule has 1 fully saturated rings. The van der Waals surface area contributed by atoms with Gasteiger partial charge in [0.1, 0.15) is 0 Å². The van der Waals surface area contributed by atoms with Crippen LogP contribution in [0.25, 0.3) is 0 Å². The molecule has 0 aromatic rings. The van der Waals surface area contributed by atoms with Crippen LogP contribution in [0, 0.1) is 5.92 Å². The van der Waals surface area contributed by atoms with Crippen LogP contribution in [-0.2, 0) is 8.85 Å². The smallest absolute Gasteiger partial charge is 0.332 e. The van der Waals surface area contributed by atoms with E-state index in [-0.39, 0.29) is 5.60 Å². The molecular weight excluding hydrogens is 216 g/mol. The monoisotopic (exact) mass is 244 g/mol. The zero-order valence-corrected chi connectivity index (χ0v) is 12.6. The second-order valence-electron chi connectivity index (χ2n) is 5.87. The fraction of sp³-hybridized carbons (Fsp3) is 1.00. The first kappa shape index (κ1) is 14.2. The summed E-state index contributed by atoms with van der Waals surface area (Å²) < 4.78 is 12.1. The van der Waals surface area contributed by atoms with Crippen LogP contribution in [0.15, 0.2) is 0 Å². The lowest BCUT2D eigenvalue weighted by Crippen LogP contribution is -2.47. The van der Waals surface area contributed by atoms with Gasteiger partial charge in [-0.25, -0.2) is 0 Å². The van der Waals surface area contributed by atoms with Crippen molar-refractivity contribution >= 4 is 8.56 Å². The molecular formula is C13H28O2Si. The van der Waals surface area contributed by atoms with Crippen molar-refractivity contribution < 1.29 is 8.85 Å². The fourth-order valence-electron chi connectivity index (χ4n) is 2.89. The summed E-state index contributed by atoms with van der Waals surface area (Å²) in [6.45, 7) is 11.6. The predicted molar refractivity (Wildman–Crippen MR) is 70.8 cm³/mol. The van der Waals surface area contributed by atoms with E-state index in [0.29, 0.717) is 5.92 Å². The SMILES string of the molecule is CCO[Si](C)(C)OC(C)(C)C1CCCCC1. The van der Waals surface area contributed by atoms with Gasteiger partial charge in [-0.1, -0.05) is 19.3 Å². The summed E-state index contributed by atoms with van der Waals surface area (Å²) in [4.78, 5) is 0. The first-order chi connectivity index (χ1) is 7.37. The van der Waals surface area contributed by atoms with Crippen LogP contribution >= 0.6 is 0 Å². The van der Waals surface area contributed by atoms with E-state index in [1.165, 1.54) is 32.1 Å². The molecule has 0 aliphatic heterocycles. The zero-order valence-electron chi connectivity index (χ0n) is 11.6. The lowest BCUT2D eigenvalue weighted by molar-refractivity contribution is -0.00760. The molecule has 0 amide bonds. The quantitative estimate of drug-likeness (QED) is 0.678. The third kappa shape index (κ3) is 4.19. The van der Waals surface area contributed by atoms with E-state index in [1.54, 1.807) is 0 Å². The van der Waals surface area contributed by atoms with E-state index >= 15 is 0 Å². The van der Waals surface area contributed by atoms with Crippen molar-refractivity contribution in [2.24, 2.45) is 5.92 Å². The molecule has 3 heteroatoms. The molecule has 0 atom stereocenters. The van der Waals surface area contributed by atoms with Crippen LogP contribution in [-0.4, -0.2) is 20.8 Å². The van der Waals surface area contributed by atoms with Gasteiger partial charge < -0.3 is 8.85 Å². The Bertz CT molecular complexity index is 208. The Hall–Kier alpha value is 0.137. The van der Waals surface area contributed by atoms with Gasteiger partial charge in [-0.3, -0.25) is 0 Å². The molecule has 0 aromatic carbocycles. The van der Waals surface area contributed by atoms with Gasteiger partial charge in [-0.2, -0.15) is 0 Å². The normalized spacial score (nSPS) is 20.1. The van der Waals surface area contributed by atoms with E-state index in [0.717, 1.165) is 6.61 Å².